The quantitative estimate of drug-likeness (QED) is 0.643. The molecule has 0 aromatic rings. The molecule has 0 amide bonds. The van der Waals surface area contributed by atoms with Crippen LogP contribution in [0.2, 0.25) is 0 Å². The van der Waals surface area contributed by atoms with Gasteiger partial charge in [-0.1, -0.05) is 33.8 Å². The molecule has 0 spiro atoms. The molecule has 136 valence electrons. The number of carbonyl (C=O) groups excluding carboxylic acids is 1. The van der Waals surface area contributed by atoms with Crippen LogP contribution in [-0.2, 0) is 4.79 Å². The largest absolute Gasteiger partial charge is 0.393 e. The van der Waals surface area contributed by atoms with Gasteiger partial charge in [0.25, 0.3) is 0 Å². The van der Waals surface area contributed by atoms with Crippen LogP contribution in [-0.4, -0.2) is 38.9 Å². The molecule has 0 bridgehead atoms. The Labute approximate surface area is 145 Å². The lowest BCUT2D eigenvalue weighted by Crippen LogP contribution is -2.72. The second-order valence-corrected chi connectivity index (χ2v) is 9.74. The average Bonchev–Trinajstić information content (AvgIpc) is 2.47. The number of ketones is 1. The SMILES string of the molecule is C=CC1(C)CC(O)C2(C)C(C1)C(=O)CC1(O)C2C(O)CCC1(C)C. The molecule has 0 aliphatic heterocycles. The average molecular weight is 336 g/mol. The van der Waals surface area contributed by atoms with Gasteiger partial charge in [0.05, 0.1) is 17.8 Å². The lowest BCUT2D eigenvalue weighted by molar-refractivity contribution is -0.266. The monoisotopic (exact) mass is 336 g/mol. The van der Waals surface area contributed by atoms with Gasteiger partial charge in [0.1, 0.15) is 5.78 Å². The number of fused-ring (bicyclic) bond motifs is 3. The summed E-state index contributed by atoms with van der Waals surface area (Å²) in [6.07, 6.45) is 2.89. The first kappa shape index (κ1) is 18.1. The summed E-state index contributed by atoms with van der Waals surface area (Å²) >= 11 is 0. The third kappa shape index (κ3) is 2.12. The molecule has 3 fully saturated rings. The van der Waals surface area contributed by atoms with Crippen molar-refractivity contribution in [3.8, 4) is 0 Å². The van der Waals surface area contributed by atoms with Gasteiger partial charge in [-0.2, -0.15) is 0 Å². The first-order valence-electron chi connectivity index (χ1n) is 9.16. The third-order valence-corrected chi connectivity index (χ3v) is 7.93. The van der Waals surface area contributed by atoms with E-state index in [1.165, 1.54) is 0 Å². The van der Waals surface area contributed by atoms with E-state index in [2.05, 4.69) is 6.58 Å². The topological polar surface area (TPSA) is 77.8 Å². The highest BCUT2D eigenvalue weighted by molar-refractivity contribution is 5.85. The lowest BCUT2D eigenvalue weighted by atomic mass is 9.40. The van der Waals surface area contributed by atoms with Gasteiger partial charge in [0.2, 0.25) is 0 Å². The number of aliphatic hydroxyl groups excluding tert-OH is 2. The first-order chi connectivity index (χ1) is 10.9. The summed E-state index contributed by atoms with van der Waals surface area (Å²) < 4.78 is 0. The van der Waals surface area contributed by atoms with E-state index in [0.29, 0.717) is 25.7 Å². The summed E-state index contributed by atoms with van der Waals surface area (Å²) in [5, 5.41) is 33.4. The second kappa shape index (κ2) is 5.15. The van der Waals surface area contributed by atoms with Crippen LogP contribution in [0.15, 0.2) is 12.7 Å². The molecule has 0 aromatic carbocycles. The van der Waals surface area contributed by atoms with Crippen LogP contribution in [0.1, 0.15) is 59.8 Å². The van der Waals surface area contributed by atoms with Gasteiger partial charge in [-0.25, -0.2) is 0 Å². The minimum Gasteiger partial charge on any atom is -0.393 e. The van der Waals surface area contributed by atoms with Crippen molar-refractivity contribution in [1.29, 1.82) is 0 Å². The fourth-order valence-corrected chi connectivity index (χ4v) is 6.01. The Balaban J connectivity index is 2.13. The normalized spacial score (nSPS) is 53.9. The van der Waals surface area contributed by atoms with E-state index in [9.17, 15) is 20.1 Å². The van der Waals surface area contributed by atoms with Crippen molar-refractivity contribution in [3.05, 3.63) is 12.7 Å². The number of hydrogen-bond acceptors (Lipinski definition) is 4. The number of Topliss-reactive ketones (excluding diaryl/α,β-unsaturated/α-hetero) is 1. The molecule has 3 aliphatic rings. The maximum atomic E-state index is 13.1. The zero-order chi connectivity index (χ0) is 18.1. The molecule has 3 rings (SSSR count). The zero-order valence-electron chi connectivity index (χ0n) is 15.4. The Bertz CT molecular complexity index is 570. The standard InChI is InChI=1S/C20H32O4/c1-6-18(4)9-12-14(22)10-20(24)16(19(12,5)15(23)11-18)13(21)7-8-17(20,2)3/h6,12-13,15-16,21,23-24H,1,7-11H2,2-5H3. The van der Waals surface area contributed by atoms with Crippen molar-refractivity contribution in [3.63, 3.8) is 0 Å². The van der Waals surface area contributed by atoms with E-state index in [4.69, 9.17) is 0 Å². The predicted molar refractivity (Wildman–Crippen MR) is 92.2 cm³/mol. The van der Waals surface area contributed by atoms with E-state index < -0.39 is 34.6 Å². The van der Waals surface area contributed by atoms with Crippen molar-refractivity contribution in [2.24, 2.45) is 28.1 Å². The molecule has 7 unspecified atom stereocenters. The van der Waals surface area contributed by atoms with Gasteiger partial charge in [0, 0.05) is 23.7 Å². The predicted octanol–water partition coefficient (Wildman–Crippen LogP) is 2.46. The summed E-state index contributed by atoms with van der Waals surface area (Å²) in [4.78, 5) is 13.1. The zero-order valence-corrected chi connectivity index (χ0v) is 15.4. The maximum absolute atomic E-state index is 13.1. The Kier molecular flexibility index (Phi) is 3.88. The molecule has 0 heterocycles. The second-order valence-electron chi connectivity index (χ2n) is 9.74. The van der Waals surface area contributed by atoms with Crippen LogP contribution in [0, 0.1) is 28.1 Å². The first-order valence-corrected chi connectivity index (χ1v) is 9.16. The van der Waals surface area contributed by atoms with Crippen LogP contribution in [0.3, 0.4) is 0 Å². The maximum Gasteiger partial charge on any atom is 0.139 e. The van der Waals surface area contributed by atoms with Crippen LogP contribution in [0.25, 0.3) is 0 Å². The number of carbonyl (C=O) groups is 1. The molecule has 3 saturated carbocycles. The van der Waals surface area contributed by atoms with E-state index in [0.717, 1.165) is 0 Å². The molecular formula is C20H32O4. The van der Waals surface area contributed by atoms with Crippen molar-refractivity contribution in [2.45, 2.75) is 77.6 Å². The van der Waals surface area contributed by atoms with E-state index in [1.54, 1.807) is 0 Å². The Morgan fingerprint density at radius 3 is 2.38 bits per heavy atom. The van der Waals surface area contributed by atoms with Crippen LogP contribution < -0.4 is 0 Å². The Morgan fingerprint density at radius 2 is 1.79 bits per heavy atom. The minimum atomic E-state index is -1.27. The van der Waals surface area contributed by atoms with Crippen molar-refractivity contribution in [1.82, 2.24) is 0 Å². The molecular weight excluding hydrogens is 304 g/mol. The highest BCUT2D eigenvalue weighted by atomic mass is 16.3. The highest BCUT2D eigenvalue weighted by Gasteiger charge is 2.70. The summed E-state index contributed by atoms with van der Waals surface area (Å²) in [5.41, 5.74) is -2.82. The van der Waals surface area contributed by atoms with Crippen LogP contribution >= 0.6 is 0 Å². The smallest absolute Gasteiger partial charge is 0.139 e. The van der Waals surface area contributed by atoms with Crippen LogP contribution in [0.5, 0.6) is 0 Å². The van der Waals surface area contributed by atoms with Gasteiger partial charge in [-0.3, -0.25) is 4.79 Å². The molecule has 0 aromatic heterocycles. The number of rotatable bonds is 1. The number of hydrogen-bond donors (Lipinski definition) is 3. The fraction of sp³-hybridized carbons (Fsp3) is 0.850. The molecule has 0 saturated heterocycles. The van der Waals surface area contributed by atoms with Gasteiger partial charge < -0.3 is 15.3 Å². The minimum absolute atomic E-state index is 0.0188. The molecule has 24 heavy (non-hydrogen) atoms. The molecule has 7 atom stereocenters. The Hall–Kier alpha value is -0.710. The molecule has 4 heteroatoms. The van der Waals surface area contributed by atoms with Gasteiger partial charge >= 0.3 is 0 Å². The molecule has 3 N–H and O–H groups in total. The lowest BCUT2D eigenvalue weighted by Gasteiger charge is -2.66. The van der Waals surface area contributed by atoms with Crippen molar-refractivity contribution >= 4 is 5.78 Å². The third-order valence-electron chi connectivity index (χ3n) is 7.93. The summed E-state index contributed by atoms with van der Waals surface area (Å²) in [7, 11) is 0. The van der Waals surface area contributed by atoms with Crippen molar-refractivity contribution < 1.29 is 20.1 Å². The summed E-state index contributed by atoms with van der Waals surface area (Å²) in [6.45, 7) is 11.8. The van der Waals surface area contributed by atoms with Gasteiger partial charge in [-0.15, -0.1) is 6.58 Å². The highest BCUT2D eigenvalue weighted by Crippen LogP contribution is 2.65. The van der Waals surface area contributed by atoms with Gasteiger partial charge in [-0.05, 0) is 36.5 Å². The number of aliphatic hydroxyl groups is 3. The van der Waals surface area contributed by atoms with E-state index in [1.807, 2.05) is 33.8 Å². The van der Waals surface area contributed by atoms with Gasteiger partial charge in [0.15, 0.2) is 0 Å². The Morgan fingerprint density at radius 1 is 1.17 bits per heavy atom. The van der Waals surface area contributed by atoms with E-state index >= 15 is 0 Å². The molecule has 3 aliphatic carbocycles. The van der Waals surface area contributed by atoms with Crippen molar-refractivity contribution in [2.75, 3.05) is 0 Å². The fourth-order valence-electron chi connectivity index (χ4n) is 6.01. The number of allylic oxidation sites excluding steroid dienone is 1. The molecule has 4 nitrogen and oxygen atoms in total. The summed E-state index contributed by atoms with van der Waals surface area (Å²) in [5.74, 6) is -0.816. The van der Waals surface area contributed by atoms with E-state index in [-0.39, 0.29) is 23.5 Å². The summed E-state index contributed by atoms with van der Waals surface area (Å²) in [6, 6.07) is 0. The molecule has 0 radical (unpaired) electrons. The van der Waals surface area contributed by atoms with Crippen LogP contribution in [0.4, 0.5) is 0 Å².